The molecule has 1 aromatic rings. The molecule has 0 N–H and O–H groups in total. The van der Waals surface area contributed by atoms with Gasteiger partial charge in [-0.15, -0.1) is 0 Å². The second-order valence-electron chi connectivity index (χ2n) is 6.89. The zero-order valence-corrected chi connectivity index (χ0v) is 19.2. The molecule has 1 aromatic carbocycles. The van der Waals surface area contributed by atoms with Gasteiger partial charge < -0.3 is 18.9 Å². The van der Waals surface area contributed by atoms with Crippen molar-refractivity contribution >= 4 is 15.9 Å². The van der Waals surface area contributed by atoms with Crippen LogP contribution in [0, 0.1) is 0 Å². The normalized spacial score (nSPS) is 11.1. The highest BCUT2D eigenvalue weighted by atomic mass is 79.9. The van der Waals surface area contributed by atoms with E-state index in [1.165, 1.54) is 56.9 Å². The monoisotopic (exact) mass is 458 g/mol. The molecule has 0 unspecified atom stereocenters. The molecular formula is C23H39BrO4. The number of halogens is 1. The van der Waals surface area contributed by atoms with E-state index in [0.29, 0.717) is 39.6 Å². The van der Waals surface area contributed by atoms with Crippen molar-refractivity contribution in [3.05, 3.63) is 29.8 Å². The number of alkyl halides is 1. The molecule has 0 saturated carbocycles. The fourth-order valence-electron chi connectivity index (χ4n) is 2.85. The van der Waals surface area contributed by atoms with Crippen LogP contribution in [0.1, 0.15) is 57.4 Å². The average Bonchev–Trinajstić information content (AvgIpc) is 2.72. The molecule has 0 aliphatic rings. The SMILES string of the molecule is CCCCCCCCCc1ccc(OCCOCCOCCOCCBr)cc1. The molecule has 0 aromatic heterocycles. The number of rotatable bonds is 20. The molecule has 0 radical (unpaired) electrons. The Balaban J connectivity index is 1.93. The van der Waals surface area contributed by atoms with Crippen LogP contribution in [0.2, 0.25) is 0 Å². The van der Waals surface area contributed by atoms with Gasteiger partial charge in [-0.1, -0.05) is 73.5 Å². The van der Waals surface area contributed by atoms with Gasteiger partial charge in [0.05, 0.1) is 39.6 Å². The van der Waals surface area contributed by atoms with Crippen LogP contribution in [-0.4, -0.2) is 51.6 Å². The van der Waals surface area contributed by atoms with Gasteiger partial charge in [-0.25, -0.2) is 0 Å². The van der Waals surface area contributed by atoms with E-state index in [2.05, 4.69) is 47.1 Å². The van der Waals surface area contributed by atoms with Gasteiger partial charge >= 0.3 is 0 Å². The van der Waals surface area contributed by atoms with E-state index in [0.717, 1.165) is 17.7 Å². The largest absolute Gasteiger partial charge is 0.491 e. The van der Waals surface area contributed by atoms with Crippen LogP contribution in [0.4, 0.5) is 0 Å². The highest BCUT2D eigenvalue weighted by molar-refractivity contribution is 9.09. The van der Waals surface area contributed by atoms with Crippen molar-refractivity contribution in [1.82, 2.24) is 0 Å². The first-order valence-electron chi connectivity index (χ1n) is 10.9. The second kappa shape index (κ2) is 19.7. The highest BCUT2D eigenvalue weighted by Gasteiger charge is 1.98. The Morgan fingerprint density at radius 3 is 1.79 bits per heavy atom. The van der Waals surface area contributed by atoms with Crippen molar-refractivity contribution in [2.45, 2.75) is 58.3 Å². The molecule has 0 heterocycles. The van der Waals surface area contributed by atoms with Crippen molar-refractivity contribution in [3.8, 4) is 5.75 Å². The third kappa shape index (κ3) is 15.3. The van der Waals surface area contributed by atoms with Crippen LogP contribution in [0.3, 0.4) is 0 Å². The molecule has 0 aliphatic heterocycles. The lowest BCUT2D eigenvalue weighted by Crippen LogP contribution is -2.13. The summed E-state index contributed by atoms with van der Waals surface area (Å²) in [4.78, 5) is 0. The van der Waals surface area contributed by atoms with E-state index < -0.39 is 0 Å². The summed E-state index contributed by atoms with van der Waals surface area (Å²) in [6.07, 6.45) is 10.6. The predicted octanol–water partition coefficient (Wildman–Crippen LogP) is 5.80. The quantitative estimate of drug-likeness (QED) is 0.182. The zero-order chi connectivity index (χ0) is 20.1. The standard InChI is InChI=1S/C23H39BrO4/c1-2-3-4-5-6-7-8-9-22-10-12-23(13-11-22)28-21-20-27-19-18-26-17-16-25-15-14-24/h10-13H,2-9,14-21H2,1H3. The summed E-state index contributed by atoms with van der Waals surface area (Å²) >= 11 is 3.31. The van der Waals surface area contributed by atoms with Gasteiger partial charge in [0.2, 0.25) is 0 Å². The van der Waals surface area contributed by atoms with Crippen LogP contribution in [0.25, 0.3) is 0 Å². The number of benzene rings is 1. The number of aryl methyl sites for hydroxylation is 1. The van der Waals surface area contributed by atoms with E-state index in [1.807, 2.05) is 0 Å². The Labute approximate surface area is 180 Å². The number of hydrogen-bond acceptors (Lipinski definition) is 4. The fourth-order valence-corrected chi connectivity index (χ4v) is 3.08. The van der Waals surface area contributed by atoms with Gasteiger partial charge in [0.15, 0.2) is 0 Å². The van der Waals surface area contributed by atoms with Gasteiger partial charge in [0.1, 0.15) is 12.4 Å². The first-order valence-corrected chi connectivity index (χ1v) is 12.0. The molecule has 0 fully saturated rings. The van der Waals surface area contributed by atoms with Crippen molar-refractivity contribution in [1.29, 1.82) is 0 Å². The van der Waals surface area contributed by atoms with E-state index in [4.69, 9.17) is 18.9 Å². The second-order valence-corrected chi connectivity index (χ2v) is 7.68. The molecule has 4 nitrogen and oxygen atoms in total. The van der Waals surface area contributed by atoms with E-state index in [9.17, 15) is 0 Å². The predicted molar refractivity (Wildman–Crippen MR) is 120 cm³/mol. The molecule has 0 spiro atoms. The van der Waals surface area contributed by atoms with Crippen molar-refractivity contribution < 1.29 is 18.9 Å². The van der Waals surface area contributed by atoms with Gasteiger partial charge in [-0.3, -0.25) is 0 Å². The van der Waals surface area contributed by atoms with Gasteiger partial charge in [-0.05, 0) is 30.5 Å². The minimum atomic E-state index is 0.561. The summed E-state index contributed by atoms with van der Waals surface area (Å²) in [6, 6.07) is 8.48. The van der Waals surface area contributed by atoms with E-state index in [1.54, 1.807) is 0 Å². The smallest absolute Gasteiger partial charge is 0.119 e. The highest BCUT2D eigenvalue weighted by Crippen LogP contribution is 2.15. The maximum absolute atomic E-state index is 5.72. The first kappa shape index (κ1) is 25.4. The Morgan fingerprint density at radius 2 is 1.18 bits per heavy atom. The van der Waals surface area contributed by atoms with Crippen LogP contribution in [-0.2, 0) is 20.6 Å². The molecule has 0 atom stereocenters. The summed E-state index contributed by atoms with van der Waals surface area (Å²) in [5.41, 5.74) is 1.40. The average molecular weight is 459 g/mol. The summed E-state index contributed by atoms with van der Waals surface area (Å²) in [7, 11) is 0. The lowest BCUT2D eigenvalue weighted by molar-refractivity contribution is 0.0119. The molecule has 0 saturated heterocycles. The minimum absolute atomic E-state index is 0.561. The topological polar surface area (TPSA) is 36.9 Å². The molecule has 5 heteroatoms. The molecule has 0 amide bonds. The van der Waals surface area contributed by atoms with Crippen molar-refractivity contribution in [2.24, 2.45) is 0 Å². The number of unbranched alkanes of at least 4 members (excludes halogenated alkanes) is 6. The Hall–Kier alpha value is -0.620. The first-order chi connectivity index (χ1) is 13.9. The Bertz CT molecular complexity index is 439. The lowest BCUT2D eigenvalue weighted by Gasteiger charge is -2.09. The van der Waals surface area contributed by atoms with Crippen molar-refractivity contribution in [3.63, 3.8) is 0 Å². The molecule has 1 rings (SSSR count). The molecule has 0 bridgehead atoms. The Kier molecular flexibility index (Phi) is 17.9. The van der Waals surface area contributed by atoms with Crippen LogP contribution >= 0.6 is 15.9 Å². The zero-order valence-electron chi connectivity index (χ0n) is 17.6. The molecular weight excluding hydrogens is 420 g/mol. The van der Waals surface area contributed by atoms with Crippen LogP contribution < -0.4 is 4.74 Å². The van der Waals surface area contributed by atoms with Crippen LogP contribution in [0.5, 0.6) is 5.75 Å². The van der Waals surface area contributed by atoms with Crippen LogP contribution in [0.15, 0.2) is 24.3 Å². The molecule has 28 heavy (non-hydrogen) atoms. The summed E-state index contributed by atoms with van der Waals surface area (Å²) in [6.45, 7) is 6.53. The van der Waals surface area contributed by atoms with Crippen molar-refractivity contribution in [2.75, 3.05) is 51.6 Å². The minimum Gasteiger partial charge on any atom is -0.491 e. The summed E-state index contributed by atoms with van der Waals surface area (Å²) in [5.74, 6) is 0.909. The Morgan fingerprint density at radius 1 is 0.643 bits per heavy atom. The molecule has 0 aliphatic carbocycles. The number of ether oxygens (including phenoxy) is 4. The summed E-state index contributed by atoms with van der Waals surface area (Å²) in [5, 5.41) is 0.859. The lowest BCUT2D eigenvalue weighted by atomic mass is 10.0. The third-order valence-electron chi connectivity index (χ3n) is 4.45. The van der Waals surface area contributed by atoms with Gasteiger partial charge in [0.25, 0.3) is 0 Å². The van der Waals surface area contributed by atoms with E-state index >= 15 is 0 Å². The summed E-state index contributed by atoms with van der Waals surface area (Å²) < 4.78 is 21.9. The fraction of sp³-hybridized carbons (Fsp3) is 0.739. The molecule has 162 valence electrons. The number of hydrogen-bond donors (Lipinski definition) is 0. The third-order valence-corrected chi connectivity index (χ3v) is 4.78. The maximum Gasteiger partial charge on any atom is 0.119 e. The van der Waals surface area contributed by atoms with Gasteiger partial charge in [0, 0.05) is 5.33 Å². The van der Waals surface area contributed by atoms with Gasteiger partial charge in [-0.2, -0.15) is 0 Å². The van der Waals surface area contributed by atoms with E-state index in [-0.39, 0.29) is 0 Å². The maximum atomic E-state index is 5.72.